The number of ether oxygens (including phenoxy) is 2. The Morgan fingerprint density at radius 3 is 2.71 bits per heavy atom. The quantitative estimate of drug-likeness (QED) is 0.611. The number of carbonyl (C=O) groups excluding carboxylic acids is 1. The Balaban J connectivity index is 2.98. The molecule has 17 heavy (non-hydrogen) atoms. The molecule has 0 amide bonds. The molecule has 0 saturated heterocycles. The van der Waals surface area contributed by atoms with E-state index >= 15 is 0 Å². The number of halogens is 1. The van der Waals surface area contributed by atoms with Crippen LogP contribution in [-0.4, -0.2) is 19.2 Å². The summed E-state index contributed by atoms with van der Waals surface area (Å²) in [7, 11) is 1.33. The molecule has 0 aliphatic rings. The molecule has 0 N–H and O–H groups in total. The molecular weight excluding hydrogens is 240 g/mol. The zero-order valence-corrected chi connectivity index (χ0v) is 10.8. The van der Waals surface area contributed by atoms with Crippen molar-refractivity contribution in [2.75, 3.05) is 7.11 Å². The first-order valence-electron chi connectivity index (χ1n) is 5.25. The highest BCUT2D eigenvalue weighted by Gasteiger charge is 2.04. The molecule has 4 heteroatoms. The number of hydrogen-bond donors (Lipinski definition) is 0. The van der Waals surface area contributed by atoms with Crippen molar-refractivity contribution >= 4 is 23.6 Å². The second-order valence-electron chi connectivity index (χ2n) is 3.71. The van der Waals surface area contributed by atoms with Crippen molar-refractivity contribution in [3.63, 3.8) is 0 Å². The Bertz CT molecular complexity index is 425. The molecule has 0 aromatic heterocycles. The Hall–Kier alpha value is -1.48. The molecule has 0 heterocycles. The number of benzene rings is 1. The maximum atomic E-state index is 11.0. The smallest absolute Gasteiger partial charge is 0.330 e. The predicted molar refractivity (Wildman–Crippen MR) is 68.3 cm³/mol. The summed E-state index contributed by atoms with van der Waals surface area (Å²) in [6.45, 7) is 3.87. The van der Waals surface area contributed by atoms with E-state index in [0.29, 0.717) is 10.8 Å². The monoisotopic (exact) mass is 254 g/mol. The van der Waals surface area contributed by atoms with Crippen LogP contribution >= 0.6 is 11.6 Å². The van der Waals surface area contributed by atoms with Crippen LogP contribution in [0.3, 0.4) is 0 Å². The van der Waals surface area contributed by atoms with Gasteiger partial charge in [-0.25, -0.2) is 4.79 Å². The minimum Gasteiger partial charge on any atom is -0.490 e. The Morgan fingerprint density at radius 1 is 1.41 bits per heavy atom. The summed E-state index contributed by atoms with van der Waals surface area (Å²) in [5.41, 5.74) is 0.747. The van der Waals surface area contributed by atoms with Gasteiger partial charge in [0.05, 0.1) is 13.2 Å². The van der Waals surface area contributed by atoms with Gasteiger partial charge in [0.15, 0.2) is 0 Å². The fourth-order valence-electron chi connectivity index (χ4n) is 1.24. The van der Waals surface area contributed by atoms with Crippen molar-refractivity contribution in [3.8, 4) is 5.75 Å². The van der Waals surface area contributed by atoms with E-state index in [1.807, 2.05) is 13.8 Å². The van der Waals surface area contributed by atoms with Crippen LogP contribution in [0.2, 0.25) is 5.02 Å². The lowest BCUT2D eigenvalue weighted by atomic mass is 10.2. The lowest BCUT2D eigenvalue weighted by molar-refractivity contribution is -0.134. The number of hydrogen-bond acceptors (Lipinski definition) is 3. The van der Waals surface area contributed by atoms with Gasteiger partial charge >= 0.3 is 5.97 Å². The van der Waals surface area contributed by atoms with Gasteiger partial charge in [-0.05, 0) is 38.1 Å². The lowest BCUT2D eigenvalue weighted by Crippen LogP contribution is -2.06. The summed E-state index contributed by atoms with van der Waals surface area (Å²) in [5, 5.41) is 0.589. The van der Waals surface area contributed by atoms with Crippen molar-refractivity contribution in [1.29, 1.82) is 0 Å². The second kappa shape index (κ2) is 6.30. The summed E-state index contributed by atoms with van der Waals surface area (Å²) in [6.07, 6.45) is 3.01. The number of rotatable bonds is 4. The molecule has 1 aromatic carbocycles. The van der Waals surface area contributed by atoms with Crippen LogP contribution in [0.1, 0.15) is 19.4 Å². The first kappa shape index (κ1) is 13.6. The van der Waals surface area contributed by atoms with Crippen molar-refractivity contribution in [3.05, 3.63) is 34.9 Å². The molecule has 0 atom stereocenters. The molecule has 1 aromatic rings. The van der Waals surface area contributed by atoms with Crippen molar-refractivity contribution < 1.29 is 14.3 Å². The highest BCUT2D eigenvalue weighted by molar-refractivity contribution is 6.30. The van der Waals surface area contributed by atoms with Crippen molar-refractivity contribution in [2.45, 2.75) is 20.0 Å². The fraction of sp³-hybridized carbons (Fsp3) is 0.308. The number of carbonyl (C=O) groups is 1. The zero-order chi connectivity index (χ0) is 12.8. The largest absolute Gasteiger partial charge is 0.490 e. The van der Waals surface area contributed by atoms with Gasteiger partial charge in [-0.15, -0.1) is 0 Å². The van der Waals surface area contributed by atoms with Crippen LogP contribution in [0.4, 0.5) is 0 Å². The van der Waals surface area contributed by atoms with Gasteiger partial charge in [0.1, 0.15) is 5.75 Å². The van der Waals surface area contributed by atoms with E-state index in [1.54, 1.807) is 24.3 Å². The fourth-order valence-corrected chi connectivity index (χ4v) is 1.42. The minimum absolute atomic E-state index is 0.0569. The van der Waals surface area contributed by atoms with E-state index in [1.165, 1.54) is 13.2 Å². The summed E-state index contributed by atoms with van der Waals surface area (Å²) in [5.74, 6) is 0.269. The van der Waals surface area contributed by atoms with Gasteiger partial charge in [-0.1, -0.05) is 11.6 Å². The molecule has 92 valence electrons. The van der Waals surface area contributed by atoms with Gasteiger partial charge < -0.3 is 9.47 Å². The van der Waals surface area contributed by atoms with E-state index in [0.717, 1.165) is 5.56 Å². The second-order valence-corrected chi connectivity index (χ2v) is 4.14. The predicted octanol–water partition coefficient (Wildman–Crippen LogP) is 3.31. The first-order chi connectivity index (χ1) is 8.02. The molecule has 0 fully saturated rings. The van der Waals surface area contributed by atoms with Crippen LogP contribution < -0.4 is 4.74 Å². The molecule has 0 radical (unpaired) electrons. The van der Waals surface area contributed by atoms with Crippen LogP contribution in [0.5, 0.6) is 5.75 Å². The summed E-state index contributed by atoms with van der Waals surface area (Å²) in [4.78, 5) is 11.0. The van der Waals surface area contributed by atoms with Crippen LogP contribution in [0.15, 0.2) is 24.3 Å². The van der Waals surface area contributed by atoms with Gasteiger partial charge in [-0.2, -0.15) is 0 Å². The van der Waals surface area contributed by atoms with E-state index in [9.17, 15) is 4.79 Å². The highest BCUT2D eigenvalue weighted by atomic mass is 35.5. The Labute approximate surface area is 106 Å². The van der Waals surface area contributed by atoms with E-state index in [4.69, 9.17) is 16.3 Å². The number of methoxy groups -OCH3 is 1. The summed E-state index contributed by atoms with van der Waals surface area (Å²) in [6, 6.07) is 5.26. The molecular formula is C13H15ClO3. The topological polar surface area (TPSA) is 35.5 Å². The van der Waals surface area contributed by atoms with E-state index in [2.05, 4.69) is 4.74 Å². The summed E-state index contributed by atoms with van der Waals surface area (Å²) < 4.78 is 10.1. The molecule has 3 nitrogen and oxygen atoms in total. The van der Waals surface area contributed by atoms with Crippen molar-refractivity contribution in [1.82, 2.24) is 0 Å². The SMILES string of the molecule is COC(=O)C=Cc1cc(Cl)ccc1OC(C)C. The number of esters is 1. The normalized spacial score (nSPS) is 10.9. The third kappa shape index (κ3) is 4.49. The molecule has 0 aliphatic carbocycles. The molecule has 1 rings (SSSR count). The Kier molecular flexibility index (Phi) is 5.04. The third-order valence-corrected chi connectivity index (χ3v) is 2.17. The van der Waals surface area contributed by atoms with Crippen LogP contribution in [0, 0.1) is 0 Å². The van der Waals surface area contributed by atoms with Gasteiger partial charge in [0, 0.05) is 16.7 Å². The van der Waals surface area contributed by atoms with Crippen LogP contribution in [-0.2, 0) is 9.53 Å². The van der Waals surface area contributed by atoms with E-state index < -0.39 is 5.97 Å². The highest BCUT2D eigenvalue weighted by Crippen LogP contribution is 2.25. The molecule has 0 spiro atoms. The van der Waals surface area contributed by atoms with Gasteiger partial charge in [-0.3, -0.25) is 0 Å². The maximum Gasteiger partial charge on any atom is 0.330 e. The third-order valence-electron chi connectivity index (χ3n) is 1.93. The first-order valence-corrected chi connectivity index (χ1v) is 5.63. The molecule has 0 bridgehead atoms. The van der Waals surface area contributed by atoms with Crippen molar-refractivity contribution in [2.24, 2.45) is 0 Å². The van der Waals surface area contributed by atoms with Gasteiger partial charge in [0.25, 0.3) is 0 Å². The average Bonchev–Trinajstić information content (AvgIpc) is 2.28. The summed E-state index contributed by atoms with van der Waals surface area (Å²) >= 11 is 5.90. The minimum atomic E-state index is -0.416. The van der Waals surface area contributed by atoms with Gasteiger partial charge in [0.2, 0.25) is 0 Å². The lowest BCUT2D eigenvalue weighted by Gasteiger charge is -2.12. The van der Waals surface area contributed by atoms with E-state index in [-0.39, 0.29) is 6.10 Å². The molecule has 0 unspecified atom stereocenters. The van der Waals surface area contributed by atoms with Crippen LogP contribution in [0.25, 0.3) is 6.08 Å². The molecule has 0 aliphatic heterocycles. The average molecular weight is 255 g/mol. The Morgan fingerprint density at radius 2 is 2.12 bits per heavy atom. The maximum absolute atomic E-state index is 11.0. The molecule has 0 saturated carbocycles. The standard InChI is InChI=1S/C13H15ClO3/c1-9(2)17-12-6-5-11(14)8-10(12)4-7-13(15)16-3/h4-9H,1-3H3. The zero-order valence-electron chi connectivity index (χ0n) is 10.1.